The molecule has 8 nitrogen and oxygen atoms in total. The number of benzene rings is 2. The van der Waals surface area contributed by atoms with Crippen LogP contribution in [0.5, 0.6) is 5.75 Å². The minimum Gasteiger partial charge on any atom is -0.497 e. The number of anilines is 3. The average molecular weight is 514 g/mol. The molecule has 2 heterocycles. The van der Waals surface area contributed by atoms with E-state index in [-0.39, 0.29) is 11.6 Å². The van der Waals surface area contributed by atoms with Gasteiger partial charge in [-0.2, -0.15) is 13.2 Å². The molecule has 1 aliphatic rings. The number of halogens is 3. The number of nitrogens with one attached hydrogen (secondary N) is 2. The molecule has 3 amide bonds. The van der Waals surface area contributed by atoms with Crippen molar-refractivity contribution < 1.29 is 27.5 Å². The van der Waals surface area contributed by atoms with Crippen LogP contribution in [0.4, 0.5) is 35.2 Å². The standard InChI is InChI=1S/C26H26F3N5O3/c1-37-22-9-6-18(7-10-22)24(35)34-13-3-12-33(14-15-34)23-11-8-21(17-30-23)32-25(36)31-20-5-2-4-19(16-20)26(27,28)29/h2,4-11,16-17H,3,12-15H2,1H3,(H2,31,32,36). The van der Waals surface area contributed by atoms with Crippen molar-refractivity contribution in [3.8, 4) is 5.75 Å². The summed E-state index contributed by atoms with van der Waals surface area (Å²) in [6.07, 6.45) is -2.25. The normalized spacial score (nSPS) is 14.1. The summed E-state index contributed by atoms with van der Waals surface area (Å²) in [7, 11) is 1.58. The summed E-state index contributed by atoms with van der Waals surface area (Å²) in [5.41, 5.74) is 0.166. The van der Waals surface area contributed by atoms with Crippen LogP contribution in [0.2, 0.25) is 0 Å². The molecule has 194 valence electrons. The lowest BCUT2D eigenvalue weighted by Gasteiger charge is -2.23. The summed E-state index contributed by atoms with van der Waals surface area (Å²) in [6.45, 7) is 2.46. The first kappa shape index (κ1) is 25.8. The zero-order valence-corrected chi connectivity index (χ0v) is 20.1. The highest BCUT2D eigenvalue weighted by Gasteiger charge is 2.30. The second-order valence-electron chi connectivity index (χ2n) is 8.42. The van der Waals surface area contributed by atoms with Gasteiger partial charge in [0.2, 0.25) is 0 Å². The molecule has 0 bridgehead atoms. The molecule has 1 aliphatic heterocycles. The Bertz CT molecular complexity index is 1230. The monoisotopic (exact) mass is 513 g/mol. The molecule has 4 rings (SSSR count). The number of urea groups is 1. The van der Waals surface area contributed by atoms with Gasteiger partial charge in [0.25, 0.3) is 5.91 Å². The van der Waals surface area contributed by atoms with Gasteiger partial charge in [-0.1, -0.05) is 6.07 Å². The van der Waals surface area contributed by atoms with E-state index < -0.39 is 17.8 Å². The minimum atomic E-state index is -4.50. The van der Waals surface area contributed by atoms with Crippen molar-refractivity contribution in [3.05, 3.63) is 78.0 Å². The van der Waals surface area contributed by atoms with E-state index in [1.54, 1.807) is 43.5 Å². The topological polar surface area (TPSA) is 86.8 Å². The average Bonchev–Trinajstić information content (AvgIpc) is 3.15. The van der Waals surface area contributed by atoms with Crippen molar-refractivity contribution in [3.63, 3.8) is 0 Å². The number of alkyl halides is 3. The molecule has 0 saturated carbocycles. The number of aromatic nitrogens is 1. The van der Waals surface area contributed by atoms with E-state index in [2.05, 4.69) is 20.5 Å². The molecule has 0 atom stereocenters. The van der Waals surface area contributed by atoms with Crippen molar-refractivity contribution in [2.24, 2.45) is 0 Å². The van der Waals surface area contributed by atoms with Crippen LogP contribution < -0.4 is 20.3 Å². The largest absolute Gasteiger partial charge is 0.497 e. The fourth-order valence-electron chi connectivity index (χ4n) is 3.98. The number of ether oxygens (including phenoxy) is 1. The SMILES string of the molecule is COc1ccc(C(=O)N2CCCN(c3ccc(NC(=O)Nc4cccc(C(F)(F)F)c4)cn3)CC2)cc1. The van der Waals surface area contributed by atoms with Crippen LogP contribution >= 0.6 is 0 Å². The maximum absolute atomic E-state index is 12.9. The number of carbonyl (C=O) groups is 2. The van der Waals surface area contributed by atoms with Crippen molar-refractivity contribution in [1.82, 2.24) is 9.88 Å². The van der Waals surface area contributed by atoms with Crippen LogP contribution in [0.3, 0.4) is 0 Å². The molecule has 0 aliphatic carbocycles. The molecule has 1 fully saturated rings. The first-order chi connectivity index (χ1) is 17.7. The second kappa shape index (κ2) is 11.2. The van der Waals surface area contributed by atoms with Crippen molar-refractivity contribution in [1.29, 1.82) is 0 Å². The number of carbonyl (C=O) groups excluding carboxylic acids is 2. The summed E-state index contributed by atoms with van der Waals surface area (Å²) in [5, 5.41) is 4.96. The second-order valence-corrected chi connectivity index (χ2v) is 8.42. The molecule has 1 saturated heterocycles. The van der Waals surface area contributed by atoms with Crippen LogP contribution in [0.15, 0.2) is 66.9 Å². The zero-order chi connectivity index (χ0) is 26.4. The van der Waals surface area contributed by atoms with Gasteiger partial charge < -0.3 is 25.2 Å². The van der Waals surface area contributed by atoms with Gasteiger partial charge in [-0.25, -0.2) is 9.78 Å². The molecule has 0 radical (unpaired) electrons. The number of amides is 3. The van der Waals surface area contributed by atoms with Gasteiger partial charge in [-0.3, -0.25) is 4.79 Å². The zero-order valence-electron chi connectivity index (χ0n) is 20.1. The predicted molar refractivity (Wildman–Crippen MR) is 134 cm³/mol. The molecular formula is C26H26F3N5O3. The number of hydrogen-bond acceptors (Lipinski definition) is 5. The Morgan fingerprint density at radius 2 is 1.68 bits per heavy atom. The lowest BCUT2D eigenvalue weighted by Crippen LogP contribution is -2.35. The quantitative estimate of drug-likeness (QED) is 0.496. The van der Waals surface area contributed by atoms with Gasteiger partial charge in [-0.05, 0) is 61.0 Å². The number of nitrogens with zero attached hydrogens (tertiary/aromatic N) is 3. The lowest BCUT2D eigenvalue weighted by molar-refractivity contribution is -0.137. The third kappa shape index (κ3) is 6.69. The maximum atomic E-state index is 12.9. The number of rotatable bonds is 5. The van der Waals surface area contributed by atoms with Gasteiger partial charge in [-0.15, -0.1) is 0 Å². The Balaban J connectivity index is 1.32. The summed E-state index contributed by atoms with van der Waals surface area (Å²) >= 11 is 0. The van der Waals surface area contributed by atoms with Gasteiger partial charge in [0.1, 0.15) is 11.6 Å². The van der Waals surface area contributed by atoms with E-state index in [9.17, 15) is 22.8 Å². The third-order valence-corrected chi connectivity index (χ3v) is 5.90. The van der Waals surface area contributed by atoms with E-state index in [0.717, 1.165) is 18.6 Å². The Kier molecular flexibility index (Phi) is 7.80. The Hall–Kier alpha value is -4.28. The molecule has 3 aromatic rings. The summed E-state index contributed by atoms with van der Waals surface area (Å²) < 4.78 is 43.8. The number of pyridine rings is 1. The van der Waals surface area contributed by atoms with Gasteiger partial charge in [0, 0.05) is 37.4 Å². The van der Waals surface area contributed by atoms with Crippen molar-refractivity contribution in [2.75, 3.05) is 48.8 Å². The van der Waals surface area contributed by atoms with Crippen LogP contribution in [-0.4, -0.2) is 55.1 Å². The molecule has 2 aromatic carbocycles. The van der Waals surface area contributed by atoms with Gasteiger partial charge in [0.05, 0.1) is 24.6 Å². The number of methoxy groups -OCH3 is 1. The van der Waals surface area contributed by atoms with E-state index in [1.807, 2.05) is 4.90 Å². The van der Waals surface area contributed by atoms with Crippen LogP contribution in [0, 0.1) is 0 Å². The molecule has 11 heteroatoms. The van der Waals surface area contributed by atoms with Crippen molar-refractivity contribution in [2.45, 2.75) is 12.6 Å². The molecule has 0 spiro atoms. The Morgan fingerprint density at radius 1 is 0.919 bits per heavy atom. The highest BCUT2D eigenvalue weighted by Crippen LogP contribution is 2.30. The van der Waals surface area contributed by atoms with Crippen LogP contribution in [-0.2, 0) is 6.18 Å². The first-order valence-electron chi connectivity index (χ1n) is 11.6. The number of hydrogen-bond donors (Lipinski definition) is 2. The Labute approximate surface area is 212 Å². The first-order valence-corrected chi connectivity index (χ1v) is 11.6. The lowest BCUT2D eigenvalue weighted by atomic mass is 10.2. The molecule has 0 unspecified atom stereocenters. The fourth-order valence-corrected chi connectivity index (χ4v) is 3.98. The molecule has 2 N–H and O–H groups in total. The summed E-state index contributed by atoms with van der Waals surface area (Å²) in [6, 6.07) is 14.1. The van der Waals surface area contributed by atoms with E-state index in [0.29, 0.717) is 49.0 Å². The van der Waals surface area contributed by atoms with Crippen LogP contribution in [0.25, 0.3) is 0 Å². The predicted octanol–water partition coefficient (Wildman–Crippen LogP) is 5.11. The van der Waals surface area contributed by atoms with Gasteiger partial charge >= 0.3 is 12.2 Å². The van der Waals surface area contributed by atoms with Crippen LogP contribution in [0.1, 0.15) is 22.3 Å². The third-order valence-electron chi connectivity index (χ3n) is 5.90. The van der Waals surface area contributed by atoms with E-state index in [1.165, 1.54) is 18.3 Å². The van der Waals surface area contributed by atoms with E-state index >= 15 is 0 Å². The highest BCUT2D eigenvalue weighted by atomic mass is 19.4. The highest BCUT2D eigenvalue weighted by molar-refractivity contribution is 5.99. The Morgan fingerprint density at radius 3 is 2.35 bits per heavy atom. The summed E-state index contributed by atoms with van der Waals surface area (Å²) in [4.78, 5) is 33.4. The maximum Gasteiger partial charge on any atom is 0.416 e. The molecule has 1 aromatic heterocycles. The smallest absolute Gasteiger partial charge is 0.416 e. The molecule has 37 heavy (non-hydrogen) atoms. The van der Waals surface area contributed by atoms with E-state index in [4.69, 9.17) is 4.74 Å². The van der Waals surface area contributed by atoms with Crippen molar-refractivity contribution >= 4 is 29.1 Å². The summed E-state index contributed by atoms with van der Waals surface area (Å²) in [5.74, 6) is 1.35. The molecular weight excluding hydrogens is 487 g/mol. The van der Waals surface area contributed by atoms with Gasteiger partial charge in [0.15, 0.2) is 0 Å². The minimum absolute atomic E-state index is 0.0233. The fraction of sp³-hybridized carbons (Fsp3) is 0.269.